The molecule has 0 aliphatic carbocycles. The minimum absolute atomic E-state index is 0.476. The first-order valence-corrected chi connectivity index (χ1v) is 7.40. The van der Waals surface area contributed by atoms with Gasteiger partial charge in [0.2, 0.25) is 0 Å². The van der Waals surface area contributed by atoms with E-state index in [4.69, 9.17) is 15.3 Å². The van der Waals surface area contributed by atoms with Crippen molar-refractivity contribution >= 4 is 22.1 Å². The van der Waals surface area contributed by atoms with E-state index >= 15 is 0 Å². The maximum Gasteiger partial charge on any atom is 0.175 e. The number of rotatable bonds is 6. The van der Waals surface area contributed by atoms with E-state index in [-0.39, 0.29) is 0 Å². The minimum Gasteiger partial charge on any atom is -0.490 e. The average molecular weight is 349 g/mol. The summed E-state index contributed by atoms with van der Waals surface area (Å²) in [5.41, 5.74) is 1.94. The number of hydrogen-bond donors (Lipinski definition) is 1. The van der Waals surface area contributed by atoms with Crippen molar-refractivity contribution in [2.45, 2.75) is 13.5 Å². The van der Waals surface area contributed by atoms with Crippen LogP contribution in [-0.4, -0.2) is 12.8 Å². The molecule has 0 aromatic heterocycles. The molecule has 0 aliphatic rings. The van der Waals surface area contributed by atoms with E-state index in [9.17, 15) is 0 Å². The maximum atomic E-state index is 5.89. The molecule has 0 unspecified atom stereocenters. The lowest BCUT2D eigenvalue weighted by Crippen LogP contribution is -2.01. The van der Waals surface area contributed by atoms with Gasteiger partial charge in [0.25, 0.3) is 0 Å². The zero-order valence-electron chi connectivity index (χ0n) is 11.8. The number of ether oxygens (including phenoxy) is 2. The largest absolute Gasteiger partial charge is 0.490 e. The van der Waals surface area contributed by atoms with Crippen molar-refractivity contribution in [1.29, 1.82) is 0 Å². The van der Waals surface area contributed by atoms with Crippen molar-refractivity contribution < 1.29 is 9.47 Å². The fourth-order valence-corrected chi connectivity index (χ4v) is 2.46. The molecule has 0 aliphatic heterocycles. The van der Waals surface area contributed by atoms with E-state index in [2.05, 4.69) is 21.0 Å². The van der Waals surface area contributed by atoms with E-state index in [1.807, 2.05) is 49.4 Å². The number of hydrazone groups is 1. The van der Waals surface area contributed by atoms with Crippen molar-refractivity contribution in [1.82, 2.24) is 0 Å². The van der Waals surface area contributed by atoms with Gasteiger partial charge in [0, 0.05) is 0 Å². The monoisotopic (exact) mass is 348 g/mol. The number of hydrogen-bond acceptors (Lipinski definition) is 4. The topological polar surface area (TPSA) is 56.8 Å². The highest BCUT2D eigenvalue weighted by molar-refractivity contribution is 9.10. The third-order valence-electron chi connectivity index (χ3n) is 2.78. The van der Waals surface area contributed by atoms with Gasteiger partial charge in [-0.2, -0.15) is 5.10 Å². The van der Waals surface area contributed by atoms with Crippen LogP contribution in [-0.2, 0) is 6.61 Å². The number of nitrogens with two attached hydrogens (primary N) is 1. The average Bonchev–Trinajstić information content (AvgIpc) is 2.48. The normalized spacial score (nSPS) is 10.8. The van der Waals surface area contributed by atoms with Gasteiger partial charge in [-0.15, -0.1) is 0 Å². The second kappa shape index (κ2) is 7.69. The second-order valence-electron chi connectivity index (χ2n) is 4.32. The molecule has 21 heavy (non-hydrogen) atoms. The molecule has 0 fully saturated rings. The molecular formula is C16H17BrN2O2. The van der Waals surface area contributed by atoms with Crippen LogP contribution in [0.15, 0.2) is 52.0 Å². The highest BCUT2D eigenvalue weighted by atomic mass is 79.9. The van der Waals surface area contributed by atoms with Gasteiger partial charge < -0.3 is 15.3 Å². The Kier molecular flexibility index (Phi) is 5.63. The Labute approximate surface area is 132 Å². The number of nitrogens with zero attached hydrogens (tertiary/aromatic N) is 1. The molecule has 2 aromatic carbocycles. The molecule has 0 saturated carbocycles. The molecule has 2 rings (SSSR count). The fraction of sp³-hybridized carbons (Fsp3) is 0.188. The van der Waals surface area contributed by atoms with Crippen LogP contribution < -0.4 is 15.3 Å². The maximum absolute atomic E-state index is 5.89. The van der Waals surface area contributed by atoms with Crippen LogP contribution in [0.4, 0.5) is 0 Å². The Morgan fingerprint density at radius 3 is 2.62 bits per heavy atom. The second-order valence-corrected chi connectivity index (χ2v) is 5.17. The van der Waals surface area contributed by atoms with E-state index in [0.29, 0.717) is 24.7 Å². The van der Waals surface area contributed by atoms with E-state index in [1.165, 1.54) is 0 Å². The molecule has 0 amide bonds. The third-order valence-corrected chi connectivity index (χ3v) is 3.37. The predicted molar refractivity (Wildman–Crippen MR) is 87.9 cm³/mol. The zero-order chi connectivity index (χ0) is 15.1. The summed E-state index contributed by atoms with van der Waals surface area (Å²) in [6.45, 7) is 2.96. The summed E-state index contributed by atoms with van der Waals surface area (Å²) in [6, 6.07) is 13.7. The molecule has 0 atom stereocenters. The molecule has 0 bridgehead atoms. The summed E-state index contributed by atoms with van der Waals surface area (Å²) in [6.07, 6.45) is 1.56. The van der Waals surface area contributed by atoms with Crippen molar-refractivity contribution in [3.63, 3.8) is 0 Å². The van der Waals surface area contributed by atoms with Crippen molar-refractivity contribution in [2.75, 3.05) is 6.61 Å². The molecule has 0 saturated heterocycles. The summed E-state index contributed by atoms with van der Waals surface area (Å²) in [4.78, 5) is 0. The van der Waals surface area contributed by atoms with E-state index in [0.717, 1.165) is 15.6 Å². The lowest BCUT2D eigenvalue weighted by Gasteiger charge is -2.14. The van der Waals surface area contributed by atoms with Crippen LogP contribution in [0.2, 0.25) is 0 Å². The van der Waals surface area contributed by atoms with E-state index < -0.39 is 0 Å². The Balaban J connectivity index is 2.24. The summed E-state index contributed by atoms with van der Waals surface area (Å²) in [5.74, 6) is 6.53. The van der Waals surface area contributed by atoms with Crippen LogP contribution >= 0.6 is 15.9 Å². The SMILES string of the molecule is CCOc1cc(C=NN)cc(Br)c1OCc1ccccc1. The van der Waals surface area contributed by atoms with Gasteiger partial charge in [-0.25, -0.2) is 0 Å². The molecule has 2 aromatic rings. The molecule has 0 heterocycles. The highest BCUT2D eigenvalue weighted by Crippen LogP contribution is 2.37. The Hall–Kier alpha value is -2.01. The van der Waals surface area contributed by atoms with Crippen molar-refractivity contribution in [2.24, 2.45) is 10.9 Å². The molecule has 0 spiro atoms. The number of halogens is 1. The van der Waals surface area contributed by atoms with Gasteiger partial charge >= 0.3 is 0 Å². The summed E-state index contributed by atoms with van der Waals surface area (Å²) >= 11 is 3.50. The molecule has 2 N–H and O–H groups in total. The van der Waals surface area contributed by atoms with Crippen LogP contribution in [0.25, 0.3) is 0 Å². The lowest BCUT2D eigenvalue weighted by atomic mass is 10.2. The first-order valence-electron chi connectivity index (χ1n) is 6.61. The molecule has 5 heteroatoms. The quantitative estimate of drug-likeness (QED) is 0.491. The van der Waals surface area contributed by atoms with Gasteiger partial charge in [0.1, 0.15) is 6.61 Å². The minimum atomic E-state index is 0.476. The summed E-state index contributed by atoms with van der Waals surface area (Å²) < 4.78 is 12.3. The summed E-state index contributed by atoms with van der Waals surface area (Å²) in [7, 11) is 0. The highest BCUT2D eigenvalue weighted by Gasteiger charge is 2.12. The molecular weight excluding hydrogens is 332 g/mol. The Morgan fingerprint density at radius 2 is 1.95 bits per heavy atom. The fourth-order valence-electron chi connectivity index (χ4n) is 1.88. The van der Waals surface area contributed by atoms with Crippen molar-refractivity contribution in [3.05, 3.63) is 58.1 Å². The molecule has 4 nitrogen and oxygen atoms in total. The molecule has 0 radical (unpaired) electrons. The third kappa shape index (κ3) is 4.23. The van der Waals surface area contributed by atoms with Crippen LogP contribution in [0, 0.1) is 0 Å². The first-order chi connectivity index (χ1) is 10.2. The first kappa shape index (κ1) is 15.4. The smallest absolute Gasteiger partial charge is 0.175 e. The zero-order valence-corrected chi connectivity index (χ0v) is 13.3. The van der Waals surface area contributed by atoms with Crippen LogP contribution in [0.1, 0.15) is 18.1 Å². The standard InChI is InChI=1S/C16H17BrN2O2/c1-2-20-15-9-13(10-19-18)8-14(17)16(15)21-11-12-6-4-3-5-7-12/h3-10H,2,11,18H2,1H3. The van der Waals surface area contributed by atoms with Gasteiger partial charge in [0.05, 0.1) is 17.3 Å². The van der Waals surface area contributed by atoms with Crippen molar-refractivity contribution in [3.8, 4) is 11.5 Å². The predicted octanol–water partition coefficient (Wildman–Crippen LogP) is 3.72. The van der Waals surface area contributed by atoms with Gasteiger partial charge in [-0.05, 0) is 46.1 Å². The van der Waals surface area contributed by atoms with E-state index in [1.54, 1.807) is 6.21 Å². The lowest BCUT2D eigenvalue weighted by molar-refractivity contribution is 0.267. The molecule has 110 valence electrons. The Bertz CT molecular complexity index is 615. The van der Waals surface area contributed by atoms with Gasteiger partial charge in [-0.1, -0.05) is 30.3 Å². The summed E-state index contributed by atoms with van der Waals surface area (Å²) in [5, 5.41) is 3.53. The van der Waals surface area contributed by atoms with Gasteiger partial charge in [0.15, 0.2) is 11.5 Å². The van der Waals surface area contributed by atoms with Gasteiger partial charge in [-0.3, -0.25) is 0 Å². The van der Waals surface area contributed by atoms with Crippen LogP contribution in [0.5, 0.6) is 11.5 Å². The number of benzene rings is 2. The van der Waals surface area contributed by atoms with Crippen LogP contribution in [0.3, 0.4) is 0 Å². The Morgan fingerprint density at radius 1 is 1.19 bits per heavy atom.